The van der Waals surface area contributed by atoms with Crippen LogP contribution in [0.2, 0.25) is 4.34 Å². The van der Waals surface area contributed by atoms with E-state index in [0.29, 0.717) is 15.0 Å². The van der Waals surface area contributed by atoms with Crippen LogP contribution in [0.25, 0.3) is 15.3 Å². The highest BCUT2D eigenvalue weighted by atomic mass is 35.5. The van der Waals surface area contributed by atoms with Crippen LogP contribution < -0.4 is 5.32 Å². The number of aryl methyl sites for hydroxylation is 3. The molecule has 0 aliphatic heterocycles. The number of thiophene rings is 1. The van der Waals surface area contributed by atoms with Gasteiger partial charge in [0.25, 0.3) is 5.91 Å². The summed E-state index contributed by atoms with van der Waals surface area (Å²) in [5.41, 5.74) is 4.67. The molecule has 3 heterocycles. The van der Waals surface area contributed by atoms with Crippen molar-refractivity contribution in [3.05, 3.63) is 56.4 Å². The number of nitrogens with one attached hydrogen (secondary N) is 1. The Labute approximate surface area is 175 Å². The first-order chi connectivity index (χ1) is 13.6. The zero-order valence-electron chi connectivity index (χ0n) is 15.2. The van der Waals surface area contributed by atoms with Crippen molar-refractivity contribution in [3.63, 3.8) is 0 Å². The summed E-state index contributed by atoms with van der Waals surface area (Å²) in [5, 5.41) is 8.25. The largest absolute Gasteiger partial charge is 0.306 e. The summed E-state index contributed by atoms with van der Waals surface area (Å²) < 4.78 is 3.46. The van der Waals surface area contributed by atoms with Crippen molar-refractivity contribution in [2.24, 2.45) is 0 Å². The molecule has 0 radical (unpaired) electrons. The summed E-state index contributed by atoms with van der Waals surface area (Å²) in [5.74, 6) is 0.408. The lowest BCUT2D eigenvalue weighted by atomic mass is 9.92. The number of carbonyl (C=O) groups is 1. The second-order valence-electron chi connectivity index (χ2n) is 6.93. The van der Waals surface area contributed by atoms with Crippen LogP contribution >= 0.6 is 34.3 Å². The summed E-state index contributed by atoms with van der Waals surface area (Å²) in [6.45, 7) is 1.90. The molecule has 0 atom stereocenters. The molecule has 0 saturated carbocycles. The minimum atomic E-state index is -0.199. The van der Waals surface area contributed by atoms with Gasteiger partial charge < -0.3 is 5.32 Å². The van der Waals surface area contributed by atoms with Crippen molar-refractivity contribution in [2.75, 3.05) is 5.32 Å². The van der Waals surface area contributed by atoms with Gasteiger partial charge in [0.1, 0.15) is 5.82 Å². The summed E-state index contributed by atoms with van der Waals surface area (Å²) in [7, 11) is 0. The standard InChI is InChI=1S/C20H17ClN4OS2/c1-11-8-18(23-19(26)15-6-7-17(21)27-15)25(24-11)20-22-14-9-12-4-2-3-5-13(12)10-16(14)28-20/h6-10H,2-5H2,1H3,(H,23,26). The number of halogens is 1. The Morgan fingerprint density at radius 3 is 2.68 bits per heavy atom. The number of anilines is 1. The Bertz CT molecular complexity index is 1160. The molecule has 4 aromatic rings. The maximum atomic E-state index is 12.5. The van der Waals surface area contributed by atoms with Crippen LogP contribution in [-0.4, -0.2) is 20.7 Å². The van der Waals surface area contributed by atoms with Gasteiger partial charge in [-0.05, 0) is 68.0 Å². The van der Waals surface area contributed by atoms with E-state index in [2.05, 4.69) is 22.5 Å². The van der Waals surface area contributed by atoms with Crippen LogP contribution in [0.15, 0.2) is 30.3 Å². The van der Waals surface area contributed by atoms with E-state index in [9.17, 15) is 4.79 Å². The predicted molar refractivity (Wildman–Crippen MR) is 115 cm³/mol. The molecule has 1 amide bonds. The van der Waals surface area contributed by atoms with E-state index in [-0.39, 0.29) is 5.91 Å². The molecule has 5 rings (SSSR count). The molecule has 0 unspecified atom stereocenters. The van der Waals surface area contributed by atoms with Gasteiger partial charge in [-0.3, -0.25) is 4.79 Å². The maximum Gasteiger partial charge on any atom is 0.266 e. The zero-order chi connectivity index (χ0) is 19.3. The van der Waals surface area contributed by atoms with Gasteiger partial charge in [0.05, 0.1) is 25.1 Å². The van der Waals surface area contributed by atoms with Crippen LogP contribution in [0.3, 0.4) is 0 Å². The Morgan fingerprint density at radius 1 is 1.14 bits per heavy atom. The average molecular weight is 429 g/mol. The molecule has 1 N–H and O–H groups in total. The smallest absolute Gasteiger partial charge is 0.266 e. The number of nitrogens with zero attached hydrogens (tertiary/aromatic N) is 3. The Kier molecular flexibility index (Phi) is 4.45. The highest BCUT2D eigenvalue weighted by molar-refractivity contribution is 7.20. The highest BCUT2D eigenvalue weighted by Crippen LogP contribution is 2.32. The number of hydrogen-bond donors (Lipinski definition) is 1. The van der Waals surface area contributed by atoms with Gasteiger partial charge in [-0.15, -0.1) is 11.3 Å². The molecule has 28 heavy (non-hydrogen) atoms. The summed E-state index contributed by atoms with van der Waals surface area (Å²) in [6.07, 6.45) is 4.77. The van der Waals surface area contributed by atoms with Crippen molar-refractivity contribution in [2.45, 2.75) is 32.6 Å². The molecule has 3 aromatic heterocycles. The fourth-order valence-corrected chi connectivity index (χ4v) is 5.50. The quantitative estimate of drug-likeness (QED) is 0.459. The summed E-state index contributed by atoms with van der Waals surface area (Å²) in [6, 6.07) is 9.78. The molecule has 1 aliphatic rings. The highest BCUT2D eigenvalue weighted by Gasteiger charge is 2.18. The third-order valence-electron chi connectivity index (χ3n) is 4.89. The maximum absolute atomic E-state index is 12.5. The van der Waals surface area contributed by atoms with Gasteiger partial charge in [-0.25, -0.2) is 4.98 Å². The number of fused-ring (bicyclic) bond motifs is 2. The molecule has 0 spiro atoms. The van der Waals surface area contributed by atoms with Crippen molar-refractivity contribution in [1.29, 1.82) is 0 Å². The number of aromatic nitrogens is 3. The normalized spacial score (nSPS) is 13.6. The van der Waals surface area contributed by atoms with Crippen LogP contribution in [0.4, 0.5) is 5.82 Å². The molecule has 0 fully saturated rings. The molecule has 142 valence electrons. The molecule has 1 aliphatic carbocycles. The average Bonchev–Trinajstić information content (AvgIpc) is 3.37. The molecule has 8 heteroatoms. The summed E-state index contributed by atoms with van der Waals surface area (Å²) in [4.78, 5) is 17.9. The number of amides is 1. The summed E-state index contributed by atoms with van der Waals surface area (Å²) >= 11 is 8.80. The first-order valence-corrected chi connectivity index (χ1v) is 11.1. The van der Waals surface area contributed by atoms with Gasteiger partial charge in [-0.2, -0.15) is 9.78 Å². The second-order valence-corrected chi connectivity index (χ2v) is 9.66. The number of rotatable bonds is 3. The van der Waals surface area contributed by atoms with E-state index >= 15 is 0 Å². The van der Waals surface area contributed by atoms with E-state index in [1.807, 2.05) is 13.0 Å². The first-order valence-electron chi connectivity index (χ1n) is 9.13. The van der Waals surface area contributed by atoms with Crippen LogP contribution in [0, 0.1) is 6.92 Å². The number of benzene rings is 1. The first kappa shape index (κ1) is 17.8. The van der Waals surface area contributed by atoms with Crippen LogP contribution in [-0.2, 0) is 12.8 Å². The molecule has 5 nitrogen and oxygen atoms in total. The second kappa shape index (κ2) is 6.99. The fraction of sp³-hybridized carbons (Fsp3) is 0.250. The Morgan fingerprint density at radius 2 is 1.93 bits per heavy atom. The van der Waals surface area contributed by atoms with Crippen molar-refractivity contribution >= 4 is 56.2 Å². The van der Waals surface area contributed by atoms with Gasteiger partial charge in [0.2, 0.25) is 5.13 Å². The van der Waals surface area contributed by atoms with Gasteiger partial charge in [-0.1, -0.05) is 22.9 Å². The topological polar surface area (TPSA) is 59.8 Å². The van der Waals surface area contributed by atoms with E-state index in [0.717, 1.165) is 33.9 Å². The lowest BCUT2D eigenvalue weighted by Crippen LogP contribution is -2.13. The molecular formula is C20H17ClN4OS2. The van der Waals surface area contributed by atoms with Gasteiger partial charge in [0.15, 0.2) is 0 Å². The van der Waals surface area contributed by atoms with Crippen LogP contribution in [0.5, 0.6) is 0 Å². The van der Waals surface area contributed by atoms with E-state index in [4.69, 9.17) is 16.6 Å². The predicted octanol–water partition coefficient (Wildman–Crippen LogP) is 5.64. The minimum Gasteiger partial charge on any atom is -0.306 e. The molecule has 0 saturated heterocycles. The van der Waals surface area contributed by atoms with Gasteiger partial charge in [0, 0.05) is 6.07 Å². The van der Waals surface area contributed by atoms with Gasteiger partial charge >= 0.3 is 0 Å². The van der Waals surface area contributed by atoms with Crippen molar-refractivity contribution in [3.8, 4) is 5.13 Å². The zero-order valence-corrected chi connectivity index (χ0v) is 17.5. The Balaban J connectivity index is 1.52. The fourth-order valence-electron chi connectivity index (χ4n) is 3.58. The lowest BCUT2D eigenvalue weighted by molar-refractivity contribution is 0.103. The Hall–Kier alpha value is -2.22. The number of hydrogen-bond acceptors (Lipinski definition) is 5. The SMILES string of the molecule is Cc1cc(NC(=O)c2ccc(Cl)s2)n(-c2nc3cc4c(cc3s2)CCCC4)n1. The molecule has 1 aromatic carbocycles. The van der Waals surface area contributed by atoms with E-state index < -0.39 is 0 Å². The molecular weight excluding hydrogens is 412 g/mol. The number of carbonyl (C=O) groups excluding carboxylic acids is 1. The number of thiazole rings is 1. The third-order valence-corrected chi connectivity index (χ3v) is 7.12. The molecule has 0 bridgehead atoms. The van der Waals surface area contributed by atoms with Crippen molar-refractivity contribution in [1.82, 2.24) is 14.8 Å². The monoisotopic (exact) mass is 428 g/mol. The minimum absolute atomic E-state index is 0.199. The lowest BCUT2D eigenvalue weighted by Gasteiger charge is -2.14. The van der Waals surface area contributed by atoms with E-state index in [1.165, 1.54) is 35.3 Å². The van der Waals surface area contributed by atoms with E-state index in [1.54, 1.807) is 28.2 Å². The van der Waals surface area contributed by atoms with Crippen molar-refractivity contribution < 1.29 is 4.79 Å². The third kappa shape index (κ3) is 3.23. The van der Waals surface area contributed by atoms with Crippen LogP contribution in [0.1, 0.15) is 39.3 Å².